The molecule has 2 rings (SSSR count). The first-order valence-electron chi connectivity index (χ1n) is 7.14. The van der Waals surface area contributed by atoms with Crippen LogP contribution in [0.1, 0.15) is 38.4 Å². The Bertz CT molecular complexity index is 618. The van der Waals surface area contributed by atoms with Crippen molar-refractivity contribution in [3.05, 3.63) is 53.1 Å². The van der Waals surface area contributed by atoms with E-state index in [1.807, 2.05) is 42.1 Å². The highest BCUT2D eigenvalue weighted by Crippen LogP contribution is 2.19. The number of aromatic nitrogens is 2. The van der Waals surface area contributed by atoms with Crippen LogP contribution < -0.4 is 0 Å². The number of imidazole rings is 1. The number of nitrogens with zero attached hydrogens (tertiary/aromatic N) is 3. The SMILES string of the molecule is Cn1cncc1C(=NCCC(C)(C)C)c1ccc(Cl)cc1. The standard InChI is InChI=1S/C17H22ClN3/c1-17(2,3)9-10-20-16(15-11-19-12-21(15)4)13-5-7-14(18)8-6-13/h5-8,11-12H,9-10H2,1-4H3. The van der Waals surface area contributed by atoms with Gasteiger partial charge in [0.15, 0.2) is 0 Å². The number of rotatable bonds is 4. The molecule has 112 valence electrons. The second-order valence-electron chi connectivity index (χ2n) is 6.44. The molecule has 0 amide bonds. The van der Waals surface area contributed by atoms with E-state index >= 15 is 0 Å². The third kappa shape index (κ3) is 4.43. The Hall–Kier alpha value is -1.61. The molecule has 0 bridgehead atoms. The van der Waals surface area contributed by atoms with Crippen molar-refractivity contribution in [1.29, 1.82) is 0 Å². The Morgan fingerprint density at radius 3 is 2.43 bits per heavy atom. The minimum absolute atomic E-state index is 0.279. The fourth-order valence-corrected chi connectivity index (χ4v) is 2.14. The summed E-state index contributed by atoms with van der Waals surface area (Å²) in [5.74, 6) is 0. The molecule has 1 aromatic heterocycles. The lowest BCUT2D eigenvalue weighted by molar-refractivity contribution is 0.385. The lowest BCUT2D eigenvalue weighted by Gasteiger charge is -2.16. The number of halogens is 1. The Balaban J connectivity index is 2.33. The monoisotopic (exact) mass is 303 g/mol. The van der Waals surface area contributed by atoms with E-state index in [0.29, 0.717) is 0 Å². The number of hydrogen-bond donors (Lipinski definition) is 0. The van der Waals surface area contributed by atoms with Crippen molar-refractivity contribution in [1.82, 2.24) is 9.55 Å². The zero-order valence-electron chi connectivity index (χ0n) is 13.1. The van der Waals surface area contributed by atoms with Gasteiger partial charge in [-0.2, -0.15) is 0 Å². The molecular formula is C17H22ClN3. The van der Waals surface area contributed by atoms with Gasteiger partial charge in [0.05, 0.1) is 23.9 Å². The lowest BCUT2D eigenvalue weighted by atomic mass is 9.92. The number of aryl methyl sites for hydroxylation is 1. The van der Waals surface area contributed by atoms with E-state index < -0.39 is 0 Å². The third-order valence-electron chi connectivity index (χ3n) is 3.31. The smallest absolute Gasteiger partial charge is 0.0948 e. The van der Waals surface area contributed by atoms with Gasteiger partial charge in [-0.1, -0.05) is 44.5 Å². The Morgan fingerprint density at radius 1 is 1.24 bits per heavy atom. The number of aliphatic imine (C=N–C) groups is 1. The summed E-state index contributed by atoms with van der Waals surface area (Å²) < 4.78 is 1.99. The van der Waals surface area contributed by atoms with Crippen LogP contribution >= 0.6 is 11.6 Å². The molecule has 0 fully saturated rings. The fraction of sp³-hybridized carbons (Fsp3) is 0.412. The molecular weight excluding hydrogens is 282 g/mol. The van der Waals surface area contributed by atoms with Gasteiger partial charge in [-0.05, 0) is 24.0 Å². The Labute approximate surface area is 131 Å². The first-order valence-corrected chi connectivity index (χ1v) is 7.52. The molecule has 3 nitrogen and oxygen atoms in total. The van der Waals surface area contributed by atoms with Crippen LogP contribution in [0.4, 0.5) is 0 Å². The van der Waals surface area contributed by atoms with Crippen LogP contribution in [-0.4, -0.2) is 21.8 Å². The molecule has 1 aromatic carbocycles. The molecule has 0 spiro atoms. The average Bonchev–Trinajstić information content (AvgIpc) is 2.81. The van der Waals surface area contributed by atoms with Gasteiger partial charge in [-0.3, -0.25) is 4.99 Å². The molecule has 0 N–H and O–H groups in total. The largest absolute Gasteiger partial charge is 0.332 e. The molecule has 0 saturated heterocycles. The maximum absolute atomic E-state index is 5.98. The molecule has 1 heterocycles. The van der Waals surface area contributed by atoms with Gasteiger partial charge in [-0.15, -0.1) is 0 Å². The van der Waals surface area contributed by atoms with Crippen LogP contribution in [0.5, 0.6) is 0 Å². The van der Waals surface area contributed by atoms with Gasteiger partial charge in [-0.25, -0.2) is 4.98 Å². The maximum atomic E-state index is 5.98. The molecule has 0 radical (unpaired) electrons. The molecule has 0 saturated carbocycles. The Kier molecular flexibility index (Phi) is 4.84. The van der Waals surface area contributed by atoms with Crippen molar-refractivity contribution in [2.24, 2.45) is 17.5 Å². The van der Waals surface area contributed by atoms with Crippen LogP contribution in [0.25, 0.3) is 0 Å². The summed E-state index contributed by atoms with van der Waals surface area (Å²) >= 11 is 5.98. The van der Waals surface area contributed by atoms with Gasteiger partial charge in [0.2, 0.25) is 0 Å². The normalized spacial score (nSPS) is 12.7. The summed E-state index contributed by atoms with van der Waals surface area (Å²) in [6, 6.07) is 7.80. The van der Waals surface area contributed by atoms with E-state index in [1.54, 1.807) is 6.33 Å². The molecule has 21 heavy (non-hydrogen) atoms. The van der Waals surface area contributed by atoms with Crippen LogP contribution in [0, 0.1) is 5.41 Å². The molecule has 0 aliphatic heterocycles. The average molecular weight is 304 g/mol. The first-order chi connectivity index (χ1) is 9.87. The first kappa shape index (κ1) is 15.8. The van der Waals surface area contributed by atoms with Gasteiger partial charge in [0.25, 0.3) is 0 Å². The van der Waals surface area contributed by atoms with Gasteiger partial charge < -0.3 is 4.57 Å². The number of hydrogen-bond acceptors (Lipinski definition) is 2. The van der Waals surface area contributed by atoms with Gasteiger partial charge in [0.1, 0.15) is 0 Å². The van der Waals surface area contributed by atoms with E-state index in [-0.39, 0.29) is 5.41 Å². The minimum atomic E-state index is 0.279. The summed E-state index contributed by atoms with van der Waals surface area (Å²) in [5, 5.41) is 0.734. The van der Waals surface area contributed by atoms with Crippen LogP contribution in [-0.2, 0) is 7.05 Å². The molecule has 0 atom stereocenters. The van der Waals surface area contributed by atoms with Crippen molar-refractivity contribution in [3.63, 3.8) is 0 Å². The molecule has 2 aromatic rings. The number of benzene rings is 1. The summed E-state index contributed by atoms with van der Waals surface area (Å²) in [4.78, 5) is 9.02. The molecule has 4 heteroatoms. The highest BCUT2D eigenvalue weighted by molar-refractivity contribution is 6.30. The van der Waals surface area contributed by atoms with Crippen molar-refractivity contribution in [2.75, 3.05) is 6.54 Å². The predicted molar refractivity (Wildman–Crippen MR) is 89.2 cm³/mol. The van der Waals surface area contributed by atoms with Crippen molar-refractivity contribution >= 4 is 17.3 Å². The lowest BCUT2D eigenvalue weighted by Crippen LogP contribution is -2.12. The van der Waals surface area contributed by atoms with E-state index in [1.165, 1.54) is 0 Å². The minimum Gasteiger partial charge on any atom is -0.332 e. The third-order valence-corrected chi connectivity index (χ3v) is 3.56. The zero-order valence-corrected chi connectivity index (χ0v) is 13.9. The van der Waals surface area contributed by atoms with Crippen molar-refractivity contribution in [2.45, 2.75) is 27.2 Å². The summed E-state index contributed by atoms with van der Waals surface area (Å²) in [6.45, 7) is 7.49. The van der Waals surface area contributed by atoms with Crippen molar-refractivity contribution in [3.8, 4) is 0 Å². The van der Waals surface area contributed by atoms with Crippen LogP contribution in [0.2, 0.25) is 5.02 Å². The highest BCUT2D eigenvalue weighted by atomic mass is 35.5. The maximum Gasteiger partial charge on any atom is 0.0948 e. The Morgan fingerprint density at radius 2 is 1.90 bits per heavy atom. The summed E-state index contributed by atoms with van der Waals surface area (Å²) in [6.07, 6.45) is 4.69. The topological polar surface area (TPSA) is 30.2 Å². The van der Waals surface area contributed by atoms with Crippen LogP contribution in [0.3, 0.4) is 0 Å². The van der Waals surface area contributed by atoms with Crippen LogP contribution in [0.15, 0.2) is 41.8 Å². The fourth-order valence-electron chi connectivity index (χ4n) is 2.02. The van der Waals surface area contributed by atoms with Gasteiger partial charge in [0, 0.05) is 24.2 Å². The molecule has 0 aliphatic rings. The second-order valence-corrected chi connectivity index (χ2v) is 6.87. The van der Waals surface area contributed by atoms with E-state index in [9.17, 15) is 0 Å². The summed E-state index contributed by atoms with van der Waals surface area (Å²) in [7, 11) is 1.98. The molecule has 0 unspecified atom stereocenters. The van der Waals surface area contributed by atoms with E-state index in [4.69, 9.17) is 16.6 Å². The van der Waals surface area contributed by atoms with Crippen molar-refractivity contribution < 1.29 is 0 Å². The predicted octanol–water partition coefficient (Wildman–Crippen LogP) is 4.35. The molecule has 0 aliphatic carbocycles. The highest BCUT2D eigenvalue weighted by Gasteiger charge is 2.13. The van der Waals surface area contributed by atoms with Gasteiger partial charge >= 0.3 is 0 Å². The second kappa shape index (κ2) is 6.44. The van der Waals surface area contributed by atoms with E-state index in [2.05, 4.69) is 25.8 Å². The van der Waals surface area contributed by atoms with E-state index in [0.717, 1.165) is 35.0 Å². The zero-order chi connectivity index (χ0) is 15.5. The quantitative estimate of drug-likeness (QED) is 0.772. The summed E-state index contributed by atoms with van der Waals surface area (Å²) in [5.41, 5.74) is 3.33.